The number of amides is 1. The summed E-state index contributed by atoms with van der Waals surface area (Å²) in [5.74, 6) is -0.448. The SMILES string of the molecule is N#CCNC(=O)CNC(CO)(CO)CO. The predicted octanol–water partition coefficient (Wildman–Crippen LogP) is -3.07. The molecule has 0 saturated carbocycles. The first-order valence-electron chi connectivity index (χ1n) is 4.35. The molecule has 0 atom stereocenters. The molecule has 86 valence electrons. The number of nitrogens with zero attached hydrogens (tertiary/aromatic N) is 1. The minimum absolute atomic E-state index is 0.106. The van der Waals surface area contributed by atoms with Crippen molar-refractivity contribution >= 4 is 5.91 Å². The minimum Gasteiger partial charge on any atom is -0.394 e. The van der Waals surface area contributed by atoms with Crippen LogP contribution in [0.2, 0.25) is 0 Å². The molecule has 7 nitrogen and oxygen atoms in total. The first-order chi connectivity index (χ1) is 7.14. The normalized spacial score (nSPS) is 10.8. The van der Waals surface area contributed by atoms with Crippen molar-refractivity contribution in [3.63, 3.8) is 0 Å². The second-order valence-electron chi connectivity index (χ2n) is 3.04. The average Bonchev–Trinajstić information content (AvgIpc) is 2.29. The third-order valence-corrected chi connectivity index (χ3v) is 1.90. The van der Waals surface area contributed by atoms with Crippen LogP contribution in [0.15, 0.2) is 0 Å². The molecule has 0 aliphatic carbocycles. The third-order valence-electron chi connectivity index (χ3n) is 1.90. The predicted molar refractivity (Wildman–Crippen MR) is 50.6 cm³/mol. The van der Waals surface area contributed by atoms with Crippen LogP contribution in [0.1, 0.15) is 0 Å². The summed E-state index contributed by atoms with van der Waals surface area (Å²) in [6, 6.07) is 1.73. The fraction of sp³-hybridized carbons (Fsp3) is 0.750. The Balaban J connectivity index is 4.00. The van der Waals surface area contributed by atoms with Crippen molar-refractivity contribution in [1.82, 2.24) is 10.6 Å². The van der Waals surface area contributed by atoms with E-state index in [4.69, 9.17) is 20.6 Å². The largest absolute Gasteiger partial charge is 0.394 e. The molecule has 5 N–H and O–H groups in total. The molecule has 0 aromatic carbocycles. The summed E-state index contributed by atoms with van der Waals surface area (Å²) in [7, 11) is 0. The van der Waals surface area contributed by atoms with Crippen LogP contribution in [-0.2, 0) is 4.79 Å². The number of nitriles is 1. The highest BCUT2D eigenvalue weighted by atomic mass is 16.3. The van der Waals surface area contributed by atoms with Gasteiger partial charge in [0.1, 0.15) is 6.54 Å². The van der Waals surface area contributed by atoms with E-state index in [2.05, 4.69) is 10.6 Å². The lowest BCUT2D eigenvalue weighted by Crippen LogP contribution is -2.57. The molecule has 0 spiro atoms. The Hall–Kier alpha value is -1.20. The van der Waals surface area contributed by atoms with E-state index in [0.717, 1.165) is 0 Å². The first kappa shape index (κ1) is 13.8. The van der Waals surface area contributed by atoms with Crippen molar-refractivity contribution in [3.8, 4) is 6.07 Å². The highest BCUT2D eigenvalue weighted by Crippen LogP contribution is 2.00. The highest BCUT2D eigenvalue weighted by molar-refractivity contribution is 5.78. The van der Waals surface area contributed by atoms with Gasteiger partial charge >= 0.3 is 0 Å². The third kappa shape index (κ3) is 4.71. The number of hydrogen-bond acceptors (Lipinski definition) is 6. The van der Waals surface area contributed by atoms with Gasteiger partial charge < -0.3 is 20.6 Å². The minimum atomic E-state index is -1.27. The smallest absolute Gasteiger partial charge is 0.234 e. The lowest BCUT2D eigenvalue weighted by Gasteiger charge is -2.28. The standard InChI is InChI=1S/C8H15N3O4/c9-1-2-10-7(15)3-11-8(4-12,5-13)6-14/h11-14H,2-6H2,(H,10,15). The zero-order valence-corrected chi connectivity index (χ0v) is 8.23. The summed E-state index contributed by atoms with van der Waals surface area (Å²) in [4.78, 5) is 11.0. The molecule has 0 bridgehead atoms. The number of carbonyl (C=O) groups excluding carboxylic acids is 1. The lowest BCUT2D eigenvalue weighted by molar-refractivity contribution is -0.120. The van der Waals surface area contributed by atoms with Gasteiger partial charge in [-0.3, -0.25) is 10.1 Å². The summed E-state index contributed by atoms with van der Waals surface area (Å²) in [5, 5.41) is 39.7. The molecule has 0 radical (unpaired) electrons. The summed E-state index contributed by atoms with van der Waals surface area (Å²) in [5.41, 5.74) is -1.27. The highest BCUT2D eigenvalue weighted by Gasteiger charge is 2.27. The summed E-state index contributed by atoms with van der Waals surface area (Å²) < 4.78 is 0. The number of aliphatic hydroxyl groups is 3. The van der Waals surface area contributed by atoms with Crippen LogP contribution in [0.4, 0.5) is 0 Å². The molecule has 15 heavy (non-hydrogen) atoms. The van der Waals surface area contributed by atoms with Crippen LogP contribution in [-0.4, -0.2) is 59.7 Å². The molecule has 0 heterocycles. The van der Waals surface area contributed by atoms with Gasteiger partial charge in [-0.25, -0.2) is 0 Å². The molecule has 0 saturated heterocycles. The van der Waals surface area contributed by atoms with Crippen molar-refractivity contribution < 1.29 is 20.1 Å². The van der Waals surface area contributed by atoms with E-state index in [0.29, 0.717) is 0 Å². The van der Waals surface area contributed by atoms with Crippen LogP contribution in [0, 0.1) is 11.3 Å². The van der Waals surface area contributed by atoms with Gasteiger partial charge in [-0.2, -0.15) is 5.26 Å². The van der Waals surface area contributed by atoms with Gasteiger partial charge in [0.2, 0.25) is 5.91 Å². The van der Waals surface area contributed by atoms with E-state index in [-0.39, 0.29) is 13.1 Å². The van der Waals surface area contributed by atoms with Gasteiger partial charge in [0.05, 0.1) is 38.0 Å². The van der Waals surface area contributed by atoms with Crippen LogP contribution >= 0.6 is 0 Å². The summed E-state index contributed by atoms with van der Waals surface area (Å²) in [6.45, 7) is -1.78. The van der Waals surface area contributed by atoms with Gasteiger partial charge in [0.25, 0.3) is 0 Å². The monoisotopic (exact) mass is 217 g/mol. The van der Waals surface area contributed by atoms with Gasteiger partial charge in [0, 0.05) is 0 Å². The molecule has 0 aliphatic heterocycles. The summed E-state index contributed by atoms with van der Waals surface area (Å²) >= 11 is 0. The topological polar surface area (TPSA) is 126 Å². The molecule has 0 fully saturated rings. The molecule has 1 amide bonds. The molecule has 0 aromatic rings. The average molecular weight is 217 g/mol. The van der Waals surface area contributed by atoms with Crippen molar-refractivity contribution in [2.75, 3.05) is 32.9 Å². The number of carbonyl (C=O) groups is 1. The molecule has 7 heteroatoms. The Kier molecular flexibility index (Phi) is 6.57. The number of nitrogens with one attached hydrogen (secondary N) is 2. The van der Waals surface area contributed by atoms with E-state index in [1.165, 1.54) is 0 Å². The van der Waals surface area contributed by atoms with Crippen LogP contribution < -0.4 is 10.6 Å². The molecule has 0 aromatic heterocycles. The zero-order valence-electron chi connectivity index (χ0n) is 8.23. The van der Waals surface area contributed by atoms with Gasteiger partial charge in [-0.05, 0) is 0 Å². The fourth-order valence-corrected chi connectivity index (χ4v) is 0.786. The van der Waals surface area contributed by atoms with Crippen LogP contribution in [0.25, 0.3) is 0 Å². The quantitative estimate of drug-likeness (QED) is 0.288. The van der Waals surface area contributed by atoms with Gasteiger partial charge in [0.15, 0.2) is 0 Å². The van der Waals surface area contributed by atoms with Gasteiger partial charge in [-0.1, -0.05) is 0 Å². The fourth-order valence-electron chi connectivity index (χ4n) is 0.786. The summed E-state index contributed by atoms with van der Waals surface area (Å²) in [6.07, 6.45) is 0. The lowest BCUT2D eigenvalue weighted by atomic mass is 10.0. The molecule has 0 rings (SSSR count). The van der Waals surface area contributed by atoms with E-state index in [1.807, 2.05) is 0 Å². The van der Waals surface area contributed by atoms with Gasteiger partial charge in [-0.15, -0.1) is 0 Å². The molecule has 0 aliphatic rings. The Morgan fingerprint density at radius 2 is 1.80 bits per heavy atom. The second kappa shape index (κ2) is 7.14. The second-order valence-corrected chi connectivity index (χ2v) is 3.04. The zero-order chi connectivity index (χ0) is 11.7. The van der Waals surface area contributed by atoms with E-state index in [1.54, 1.807) is 6.07 Å². The number of aliphatic hydroxyl groups excluding tert-OH is 3. The van der Waals surface area contributed by atoms with Crippen molar-refractivity contribution in [2.45, 2.75) is 5.54 Å². The van der Waals surface area contributed by atoms with E-state index < -0.39 is 31.3 Å². The maximum Gasteiger partial charge on any atom is 0.234 e. The first-order valence-corrected chi connectivity index (χ1v) is 4.35. The van der Waals surface area contributed by atoms with Crippen LogP contribution in [0.5, 0.6) is 0 Å². The Morgan fingerprint density at radius 1 is 1.27 bits per heavy atom. The Morgan fingerprint density at radius 3 is 2.20 bits per heavy atom. The van der Waals surface area contributed by atoms with Crippen molar-refractivity contribution in [2.24, 2.45) is 0 Å². The molecule has 0 unspecified atom stereocenters. The molecular weight excluding hydrogens is 202 g/mol. The van der Waals surface area contributed by atoms with E-state index in [9.17, 15) is 4.79 Å². The maximum absolute atomic E-state index is 11.0. The maximum atomic E-state index is 11.0. The van der Waals surface area contributed by atoms with Crippen molar-refractivity contribution in [3.05, 3.63) is 0 Å². The van der Waals surface area contributed by atoms with Crippen LogP contribution in [0.3, 0.4) is 0 Å². The van der Waals surface area contributed by atoms with Crippen molar-refractivity contribution in [1.29, 1.82) is 5.26 Å². The Bertz CT molecular complexity index is 226. The Labute approximate surface area is 87.3 Å². The number of rotatable bonds is 7. The van der Waals surface area contributed by atoms with E-state index >= 15 is 0 Å². The molecular formula is C8H15N3O4. The number of hydrogen-bond donors (Lipinski definition) is 5.